The van der Waals surface area contributed by atoms with Crippen LogP contribution in [0.4, 0.5) is 0 Å². The quantitative estimate of drug-likeness (QED) is 0.849. The number of piperidine rings is 1. The molecule has 3 rings (SSSR count). The molecule has 0 bridgehead atoms. The Hall–Kier alpha value is -1.59. The van der Waals surface area contributed by atoms with E-state index >= 15 is 0 Å². The van der Waals surface area contributed by atoms with Crippen LogP contribution in [0.1, 0.15) is 36.0 Å². The molecule has 1 heterocycles. The second-order valence-corrected chi connectivity index (χ2v) is 6.62. The number of rotatable bonds is 5. The van der Waals surface area contributed by atoms with E-state index in [2.05, 4.69) is 5.32 Å². The van der Waals surface area contributed by atoms with E-state index in [1.807, 2.05) is 35.2 Å². The third kappa shape index (κ3) is 4.48. The number of nitrogens with zero attached hydrogens (tertiary/aromatic N) is 1. The van der Waals surface area contributed by atoms with Gasteiger partial charge in [0.05, 0.1) is 0 Å². The Bertz CT molecular complexity index is 555. The Morgan fingerprint density at radius 2 is 1.75 bits per heavy atom. The van der Waals surface area contributed by atoms with Gasteiger partial charge in [0, 0.05) is 37.2 Å². The molecule has 1 unspecified atom stereocenters. The van der Waals surface area contributed by atoms with Gasteiger partial charge < -0.3 is 16.0 Å². The Labute approximate surface area is 149 Å². The first-order valence-corrected chi connectivity index (χ1v) is 8.54. The lowest BCUT2D eigenvalue weighted by molar-refractivity contribution is -0.127. The van der Waals surface area contributed by atoms with E-state index in [4.69, 9.17) is 5.73 Å². The molecule has 132 valence electrons. The maximum Gasteiger partial charge on any atom is 0.253 e. The van der Waals surface area contributed by atoms with Crippen molar-refractivity contribution in [2.45, 2.75) is 31.7 Å². The highest BCUT2D eigenvalue weighted by atomic mass is 35.5. The van der Waals surface area contributed by atoms with Crippen molar-refractivity contribution in [3.05, 3.63) is 35.9 Å². The highest BCUT2D eigenvalue weighted by Crippen LogP contribution is 2.32. The first-order chi connectivity index (χ1) is 11.2. The molecule has 1 saturated carbocycles. The molecule has 1 saturated heterocycles. The largest absolute Gasteiger partial charge is 0.352 e. The molecule has 6 heteroatoms. The van der Waals surface area contributed by atoms with Crippen molar-refractivity contribution in [3.8, 4) is 0 Å². The predicted octanol–water partition coefficient (Wildman–Crippen LogP) is 1.81. The third-order valence-electron chi connectivity index (χ3n) is 4.95. The van der Waals surface area contributed by atoms with Crippen molar-refractivity contribution in [2.75, 3.05) is 19.6 Å². The number of nitrogens with one attached hydrogen (secondary N) is 1. The summed E-state index contributed by atoms with van der Waals surface area (Å²) in [4.78, 5) is 26.6. The molecule has 2 amide bonds. The summed E-state index contributed by atoms with van der Waals surface area (Å²) in [7, 11) is 0. The molecule has 1 aliphatic carbocycles. The lowest BCUT2D eigenvalue weighted by atomic mass is 9.94. The number of benzene rings is 1. The van der Waals surface area contributed by atoms with Crippen LogP contribution in [-0.2, 0) is 4.79 Å². The minimum absolute atomic E-state index is 0. The van der Waals surface area contributed by atoms with Crippen molar-refractivity contribution >= 4 is 24.2 Å². The number of carbonyl (C=O) groups is 2. The van der Waals surface area contributed by atoms with E-state index in [0.717, 1.165) is 12.8 Å². The van der Waals surface area contributed by atoms with E-state index < -0.39 is 0 Å². The summed E-state index contributed by atoms with van der Waals surface area (Å²) >= 11 is 0. The smallest absolute Gasteiger partial charge is 0.253 e. The van der Waals surface area contributed by atoms with Gasteiger partial charge in [0.15, 0.2) is 0 Å². The van der Waals surface area contributed by atoms with Crippen LogP contribution < -0.4 is 11.1 Å². The normalized spacial score (nSPS) is 19.3. The van der Waals surface area contributed by atoms with Gasteiger partial charge in [-0.15, -0.1) is 12.4 Å². The highest BCUT2D eigenvalue weighted by molar-refractivity contribution is 5.94. The van der Waals surface area contributed by atoms with Gasteiger partial charge in [-0.05, 0) is 43.7 Å². The lowest BCUT2D eigenvalue weighted by Crippen LogP contribution is -2.48. The molecule has 0 radical (unpaired) electrons. The molecule has 1 aromatic carbocycles. The summed E-state index contributed by atoms with van der Waals surface area (Å²) < 4.78 is 0. The van der Waals surface area contributed by atoms with Gasteiger partial charge in [-0.2, -0.15) is 0 Å². The number of amides is 2. The van der Waals surface area contributed by atoms with E-state index in [1.54, 1.807) is 0 Å². The fraction of sp³-hybridized carbons (Fsp3) is 0.556. The summed E-state index contributed by atoms with van der Waals surface area (Å²) in [5.74, 6) is 0.743. The van der Waals surface area contributed by atoms with E-state index in [9.17, 15) is 9.59 Å². The van der Waals surface area contributed by atoms with Crippen LogP contribution in [0.3, 0.4) is 0 Å². The molecule has 24 heavy (non-hydrogen) atoms. The monoisotopic (exact) mass is 351 g/mol. The Kier molecular flexibility index (Phi) is 6.63. The van der Waals surface area contributed by atoms with Crippen molar-refractivity contribution in [3.63, 3.8) is 0 Å². The Balaban J connectivity index is 0.00000208. The first-order valence-electron chi connectivity index (χ1n) is 8.54. The number of carbonyl (C=O) groups excluding carboxylic acids is 2. The van der Waals surface area contributed by atoms with Gasteiger partial charge in [0.1, 0.15) is 0 Å². The summed E-state index contributed by atoms with van der Waals surface area (Å²) in [6, 6.07) is 9.45. The molecule has 0 aromatic heterocycles. The number of hydrogen-bond acceptors (Lipinski definition) is 3. The third-order valence-corrected chi connectivity index (χ3v) is 4.95. The molecule has 0 spiro atoms. The van der Waals surface area contributed by atoms with Crippen LogP contribution >= 0.6 is 12.4 Å². The van der Waals surface area contributed by atoms with Crippen LogP contribution in [-0.4, -0.2) is 42.4 Å². The standard InChI is InChI=1S/C18H25N3O2.ClH/c19-12-16(13-6-7-13)20-17(22)14-8-10-21(11-9-14)18(23)15-4-2-1-3-5-15;/h1-5,13-14,16H,6-12,19H2,(H,20,22);1H. The zero-order chi connectivity index (χ0) is 16.2. The summed E-state index contributed by atoms with van der Waals surface area (Å²) in [5.41, 5.74) is 6.47. The Morgan fingerprint density at radius 3 is 2.29 bits per heavy atom. The van der Waals surface area contributed by atoms with Crippen molar-refractivity contribution in [1.82, 2.24) is 10.2 Å². The van der Waals surface area contributed by atoms with Gasteiger partial charge >= 0.3 is 0 Å². The molecule has 5 nitrogen and oxygen atoms in total. The van der Waals surface area contributed by atoms with E-state index in [0.29, 0.717) is 31.1 Å². The minimum Gasteiger partial charge on any atom is -0.352 e. The predicted molar refractivity (Wildman–Crippen MR) is 96.0 cm³/mol. The van der Waals surface area contributed by atoms with E-state index in [-0.39, 0.29) is 36.2 Å². The first kappa shape index (κ1) is 18.7. The molecular formula is C18H26ClN3O2. The minimum atomic E-state index is 0. The molecule has 2 aliphatic rings. The zero-order valence-corrected chi connectivity index (χ0v) is 14.6. The van der Waals surface area contributed by atoms with Gasteiger partial charge in [-0.25, -0.2) is 0 Å². The number of nitrogens with two attached hydrogens (primary N) is 1. The van der Waals surface area contributed by atoms with Crippen LogP contribution in [0.15, 0.2) is 30.3 Å². The molecule has 1 atom stereocenters. The fourth-order valence-electron chi connectivity index (χ4n) is 3.28. The molecule has 1 aliphatic heterocycles. The SMILES string of the molecule is Cl.NCC(NC(=O)C1CCN(C(=O)c2ccccc2)CC1)C1CC1. The number of likely N-dealkylation sites (tertiary alicyclic amines) is 1. The van der Waals surface area contributed by atoms with Crippen molar-refractivity contribution < 1.29 is 9.59 Å². The second-order valence-electron chi connectivity index (χ2n) is 6.62. The maximum absolute atomic E-state index is 12.4. The topological polar surface area (TPSA) is 75.4 Å². The highest BCUT2D eigenvalue weighted by Gasteiger charge is 2.34. The lowest BCUT2D eigenvalue weighted by Gasteiger charge is -2.32. The summed E-state index contributed by atoms with van der Waals surface area (Å²) in [6.45, 7) is 1.80. The maximum atomic E-state index is 12.4. The Morgan fingerprint density at radius 1 is 1.12 bits per heavy atom. The van der Waals surface area contributed by atoms with Crippen LogP contribution in [0.5, 0.6) is 0 Å². The summed E-state index contributed by atoms with van der Waals surface area (Å²) in [6.07, 6.45) is 3.80. The molecule has 2 fully saturated rings. The van der Waals surface area contributed by atoms with Gasteiger partial charge in [-0.1, -0.05) is 18.2 Å². The molecule has 1 aromatic rings. The van der Waals surface area contributed by atoms with Crippen LogP contribution in [0.2, 0.25) is 0 Å². The van der Waals surface area contributed by atoms with Gasteiger partial charge in [0.2, 0.25) is 5.91 Å². The average molecular weight is 352 g/mol. The zero-order valence-electron chi connectivity index (χ0n) is 13.8. The van der Waals surface area contributed by atoms with E-state index in [1.165, 1.54) is 12.8 Å². The van der Waals surface area contributed by atoms with Crippen LogP contribution in [0, 0.1) is 11.8 Å². The molecular weight excluding hydrogens is 326 g/mol. The fourth-order valence-corrected chi connectivity index (χ4v) is 3.28. The molecule has 3 N–H and O–H groups in total. The van der Waals surface area contributed by atoms with Crippen molar-refractivity contribution in [2.24, 2.45) is 17.6 Å². The second kappa shape index (κ2) is 8.49. The van der Waals surface area contributed by atoms with Crippen molar-refractivity contribution in [1.29, 1.82) is 0 Å². The number of halogens is 1. The van der Waals surface area contributed by atoms with Gasteiger partial charge in [0.25, 0.3) is 5.91 Å². The summed E-state index contributed by atoms with van der Waals surface area (Å²) in [5, 5.41) is 3.11. The van der Waals surface area contributed by atoms with Crippen LogP contribution in [0.25, 0.3) is 0 Å². The number of hydrogen-bond donors (Lipinski definition) is 2. The van der Waals surface area contributed by atoms with Gasteiger partial charge in [-0.3, -0.25) is 9.59 Å². The average Bonchev–Trinajstić information content (AvgIpc) is 3.44.